The molecule has 7 nitrogen and oxygen atoms in total. The summed E-state index contributed by atoms with van der Waals surface area (Å²) in [4.78, 5) is 25.6. The topological polar surface area (TPSA) is 95.6 Å². The molecule has 0 aromatic heterocycles. The number of rotatable bonds is 7. The number of nitrogens with zero attached hydrogens (tertiary/aromatic N) is 1. The van der Waals surface area contributed by atoms with Gasteiger partial charge in [0.2, 0.25) is 15.9 Å². The summed E-state index contributed by atoms with van der Waals surface area (Å²) in [6.45, 7) is 6.31. The van der Waals surface area contributed by atoms with Crippen molar-refractivity contribution in [1.82, 2.24) is 5.32 Å². The number of nitrogens with one attached hydrogen (secondary N) is 2. The molecule has 1 aliphatic rings. The van der Waals surface area contributed by atoms with E-state index >= 15 is 0 Å². The highest BCUT2D eigenvalue weighted by Crippen LogP contribution is 2.25. The van der Waals surface area contributed by atoms with Crippen LogP contribution < -0.4 is 14.9 Å². The summed E-state index contributed by atoms with van der Waals surface area (Å²) in [5.74, 6) is -0.232. The standard InChI is InChI=1S/C23H29N3O4S/c1-16(2)15-21(25-22(27)20-8-5-4-7-17(20)3)23(28)24-18-9-11-19(12-10-18)26-13-6-14-31(26,29)30/h4-5,7-12,16,21H,6,13-15H2,1-3H3,(H,24,28)(H,25,27). The van der Waals surface area contributed by atoms with Gasteiger partial charge in [-0.1, -0.05) is 32.0 Å². The van der Waals surface area contributed by atoms with Crippen LogP contribution in [-0.4, -0.2) is 38.6 Å². The first-order valence-corrected chi connectivity index (χ1v) is 12.1. The maximum absolute atomic E-state index is 12.9. The molecule has 31 heavy (non-hydrogen) atoms. The number of sulfonamides is 1. The van der Waals surface area contributed by atoms with Crippen molar-refractivity contribution in [2.45, 2.75) is 39.7 Å². The molecule has 0 radical (unpaired) electrons. The van der Waals surface area contributed by atoms with E-state index < -0.39 is 16.1 Å². The third-order valence-corrected chi connectivity index (χ3v) is 7.11. The second-order valence-corrected chi connectivity index (χ2v) is 10.3. The van der Waals surface area contributed by atoms with E-state index in [0.717, 1.165) is 5.56 Å². The molecule has 2 aromatic rings. The van der Waals surface area contributed by atoms with Crippen LogP contribution in [0.1, 0.15) is 42.6 Å². The molecule has 166 valence electrons. The van der Waals surface area contributed by atoms with Crippen molar-refractivity contribution in [3.8, 4) is 0 Å². The molecular weight excluding hydrogens is 414 g/mol. The molecule has 2 aromatic carbocycles. The summed E-state index contributed by atoms with van der Waals surface area (Å²) in [5.41, 5.74) is 2.52. The summed E-state index contributed by atoms with van der Waals surface area (Å²) in [5, 5.41) is 5.69. The fourth-order valence-electron chi connectivity index (χ4n) is 3.64. The second kappa shape index (κ2) is 9.51. The molecule has 1 aliphatic heterocycles. The lowest BCUT2D eigenvalue weighted by atomic mass is 10.0. The molecule has 0 aliphatic carbocycles. The zero-order valence-electron chi connectivity index (χ0n) is 18.1. The summed E-state index contributed by atoms with van der Waals surface area (Å²) in [6.07, 6.45) is 1.10. The van der Waals surface area contributed by atoms with Gasteiger partial charge in [0.1, 0.15) is 6.04 Å². The highest BCUT2D eigenvalue weighted by molar-refractivity contribution is 7.93. The molecule has 0 spiro atoms. The molecule has 1 heterocycles. The number of carbonyl (C=O) groups excluding carboxylic acids is 2. The minimum absolute atomic E-state index is 0.156. The Morgan fingerprint density at radius 3 is 2.32 bits per heavy atom. The van der Waals surface area contributed by atoms with Gasteiger partial charge >= 0.3 is 0 Å². The van der Waals surface area contributed by atoms with Gasteiger partial charge in [-0.15, -0.1) is 0 Å². The monoisotopic (exact) mass is 443 g/mol. The summed E-state index contributed by atoms with van der Waals surface area (Å²) < 4.78 is 25.5. The van der Waals surface area contributed by atoms with Crippen molar-refractivity contribution in [1.29, 1.82) is 0 Å². The number of amides is 2. The normalized spacial score (nSPS) is 16.2. The van der Waals surface area contributed by atoms with E-state index in [1.165, 1.54) is 4.31 Å². The fourth-order valence-corrected chi connectivity index (χ4v) is 5.20. The molecule has 0 bridgehead atoms. The van der Waals surface area contributed by atoms with E-state index in [0.29, 0.717) is 36.3 Å². The van der Waals surface area contributed by atoms with Gasteiger partial charge in [0.05, 0.1) is 11.4 Å². The predicted octanol–water partition coefficient (Wildman–Crippen LogP) is 3.32. The van der Waals surface area contributed by atoms with Gasteiger partial charge in [-0.05, 0) is 61.6 Å². The Hall–Kier alpha value is -2.87. The summed E-state index contributed by atoms with van der Waals surface area (Å²) >= 11 is 0. The van der Waals surface area contributed by atoms with Crippen molar-refractivity contribution < 1.29 is 18.0 Å². The minimum atomic E-state index is -3.25. The van der Waals surface area contributed by atoms with Gasteiger partial charge in [-0.25, -0.2) is 8.42 Å². The van der Waals surface area contributed by atoms with Crippen LogP contribution >= 0.6 is 0 Å². The molecule has 1 saturated heterocycles. The molecule has 1 atom stereocenters. The van der Waals surface area contributed by atoms with Crippen molar-refractivity contribution >= 4 is 33.2 Å². The molecular formula is C23H29N3O4S. The van der Waals surface area contributed by atoms with E-state index in [9.17, 15) is 18.0 Å². The van der Waals surface area contributed by atoms with Gasteiger partial charge in [0, 0.05) is 17.8 Å². The average Bonchev–Trinajstić information content (AvgIpc) is 3.07. The van der Waals surface area contributed by atoms with E-state index in [4.69, 9.17) is 0 Å². The zero-order valence-corrected chi connectivity index (χ0v) is 18.9. The van der Waals surface area contributed by atoms with E-state index in [-0.39, 0.29) is 23.5 Å². The molecule has 2 N–H and O–H groups in total. The quantitative estimate of drug-likeness (QED) is 0.686. The average molecular weight is 444 g/mol. The van der Waals surface area contributed by atoms with Gasteiger partial charge in [0.25, 0.3) is 5.91 Å². The minimum Gasteiger partial charge on any atom is -0.340 e. The first-order valence-electron chi connectivity index (χ1n) is 10.4. The van der Waals surface area contributed by atoms with Crippen LogP contribution in [0.25, 0.3) is 0 Å². The van der Waals surface area contributed by atoms with Gasteiger partial charge < -0.3 is 10.6 Å². The fraction of sp³-hybridized carbons (Fsp3) is 0.391. The van der Waals surface area contributed by atoms with E-state index in [1.54, 1.807) is 36.4 Å². The largest absolute Gasteiger partial charge is 0.340 e. The van der Waals surface area contributed by atoms with Crippen molar-refractivity contribution in [3.05, 3.63) is 59.7 Å². The van der Waals surface area contributed by atoms with Gasteiger partial charge in [-0.2, -0.15) is 0 Å². The van der Waals surface area contributed by atoms with Crippen LogP contribution in [0.15, 0.2) is 48.5 Å². The van der Waals surface area contributed by atoms with Crippen LogP contribution in [0.2, 0.25) is 0 Å². The van der Waals surface area contributed by atoms with E-state index in [2.05, 4.69) is 10.6 Å². The molecule has 1 fully saturated rings. The number of hydrogen-bond acceptors (Lipinski definition) is 4. The van der Waals surface area contributed by atoms with Crippen molar-refractivity contribution in [2.75, 3.05) is 21.9 Å². The van der Waals surface area contributed by atoms with Crippen LogP contribution in [-0.2, 0) is 14.8 Å². The summed E-state index contributed by atoms with van der Waals surface area (Å²) in [7, 11) is -3.25. The SMILES string of the molecule is Cc1ccccc1C(=O)NC(CC(C)C)C(=O)Nc1ccc(N2CCCS2(=O)=O)cc1. The lowest BCUT2D eigenvalue weighted by Gasteiger charge is -2.21. The zero-order chi connectivity index (χ0) is 22.6. The lowest BCUT2D eigenvalue weighted by Crippen LogP contribution is -2.44. The van der Waals surface area contributed by atoms with E-state index in [1.807, 2.05) is 32.9 Å². The third kappa shape index (κ3) is 5.64. The maximum Gasteiger partial charge on any atom is 0.252 e. The van der Waals surface area contributed by atoms with Crippen LogP contribution in [0.5, 0.6) is 0 Å². The molecule has 8 heteroatoms. The number of benzene rings is 2. The maximum atomic E-state index is 12.9. The van der Waals surface area contributed by atoms with Crippen LogP contribution in [0.4, 0.5) is 11.4 Å². The Kier molecular flexibility index (Phi) is 7.00. The Morgan fingerprint density at radius 2 is 1.74 bits per heavy atom. The highest BCUT2D eigenvalue weighted by Gasteiger charge is 2.28. The predicted molar refractivity (Wildman–Crippen MR) is 123 cm³/mol. The first kappa shape index (κ1) is 22.8. The smallest absolute Gasteiger partial charge is 0.252 e. The Labute approximate surface area is 183 Å². The number of aryl methyl sites for hydroxylation is 1. The third-order valence-electron chi connectivity index (χ3n) is 5.24. The van der Waals surface area contributed by atoms with Crippen molar-refractivity contribution in [2.24, 2.45) is 5.92 Å². The number of carbonyl (C=O) groups is 2. The lowest BCUT2D eigenvalue weighted by molar-refractivity contribution is -0.118. The first-order chi connectivity index (χ1) is 14.7. The Bertz CT molecular complexity index is 1050. The second-order valence-electron chi connectivity index (χ2n) is 8.25. The summed E-state index contributed by atoms with van der Waals surface area (Å²) in [6, 6.07) is 13.3. The highest BCUT2D eigenvalue weighted by atomic mass is 32.2. The molecule has 2 amide bonds. The molecule has 3 rings (SSSR count). The Balaban J connectivity index is 1.70. The van der Waals surface area contributed by atoms with Crippen LogP contribution in [0, 0.1) is 12.8 Å². The van der Waals surface area contributed by atoms with Crippen LogP contribution in [0.3, 0.4) is 0 Å². The van der Waals surface area contributed by atoms with Gasteiger partial charge in [0.15, 0.2) is 0 Å². The van der Waals surface area contributed by atoms with Crippen molar-refractivity contribution in [3.63, 3.8) is 0 Å². The number of anilines is 2. The Morgan fingerprint density at radius 1 is 1.06 bits per heavy atom. The van der Waals surface area contributed by atoms with Gasteiger partial charge in [-0.3, -0.25) is 13.9 Å². The molecule has 1 unspecified atom stereocenters. The molecule has 0 saturated carbocycles. The number of hydrogen-bond donors (Lipinski definition) is 2.